The average Bonchev–Trinajstić information content (AvgIpc) is 3.33. The molecule has 0 bridgehead atoms. The Kier molecular flexibility index (Phi) is 6.53. The van der Waals surface area contributed by atoms with E-state index in [-0.39, 0.29) is 17.8 Å². The number of aryl methyl sites for hydroxylation is 1. The van der Waals surface area contributed by atoms with Crippen molar-refractivity contribution in [3.63, 3.8) is 0 Å². The molecular formula is C25H28FN5O3. The maximum absolute atomic E-state index is 13.6. The van der Waals surface area contributed by atoms with Crippen molar-refractivity contribution in [2.45, 2.75) is 38.6 Å². The van der Waals surface area contributed by atoms with Crippen LogP contribution in [-0.4, -0.2) is 58.6 Å². The molecule has 3 aromatic rings. The van der Waals surface area contributed by atoms with Crippen molar-refractivity contribution in [1.82, 2.24) is 19.9 Å². The van der Waals surface area contributed by atoms with Crippen LogP contribution in [0.4, 0.5) is 10.3 Å². The molecule has 2 aliphatic heterocycles. The zero-order valence-corrected chi connectivity index (χ0v) is 19.2. The summed E-state index contributed by atoms with van der Waals surface area (Å²) in [4.78, 5) is 31.1. The van der Waals surface area contributed by atoms with Crippen LogP contribution in [-0.2, 0) is 11.2 Å². The summed E-state index contributed by atoms with van der Waals surface area (Å²) in [5.41, 5.74) is 2.08. The van der Waals surface area contributed by atoms with Crippen molar-refractivity contribution in [3.05, 3.63) is 70.9 Å². The van der Waals surface area contributed by atoms with Crippen LogP contribution in [0.25, 0.3) is 0 Å². The maximum Gasteiger partial charge on any atom is 0.273 e. The summed E-state index contributed by atoms with van der Waals surface area (Å²) in [6.45, 7) is 5.16. The van der Waals surface area contributed by atoms with E-state index in [9.17, 15) is 9.18 Å². The van der Waals surface area contributed by atoms with Gasteiger partial charge >= 0.3 is 0 Å². The van der Waals surface area contributed by atoms with Crippen LogP contribution in [0.1, 0.15) is 58.7 Å². The number of carbonyl (C=O) groups is 1. The van der Waals surface area contributed by atoms with E-state index in [1.54, 1.807) is 24.4 Å². The summed E-state index contributed by atoms with van der Waals surface area (Å²) in [5.74, 6) is 1.38. The summed E-state index contributed by atoms with van der Waals surface area (Å²) >= 11 is 0. The van der Waals surface area contributed by atoms with Gasteiger partial charge in [0.2, 0.25) is 11.8 Å². The van der Waals surface area contributed by atoms with Gasteiger partial charge in [-0.25, -0.2) is 19.3 Å². The Bertz CT molecular complexity index is 1140. The Hall–Kier alpha value is -3.33. The predicted molar refractivity (Wildman–Crippen MR) is 123 cm³/mol. The molecule has 0 N–H and O–H groups in total. The highest BCUT2D eigenvalue weighted by Crippen LogP contribution is 2.32. The molecule has 0 radical (unpaired) electrons. The molecule has 1 atom stereocenters. The van der Waals surface area contributed by atoms with Crippen molar-refractivity contribution in [2.24, 2.45) is 0 Å². The predicted octanol–water partition coefficient (Wildman–Crippen LogP) is 3.71. The first-order valence-electron chi connectivity index (χ1n) is 11.8. The number of carbonyl (C=O) groups excluding carboxylic acids is 1. The highest BCUT2D eigenvalue weighted by Gasteiger charge is 2.33. The number of halogens is 1. The first kappa shape index (κ1) is 22.5. The smallest absolute Gasteiger partial charge is 0.273 e. The third kappa shape index (κ3) is 4.94. The number of benzene rings is 1. The van der Waals surface area contributed by atoms with E-state index in [1.807, 2.05) is 11.8 Å². The first-order valence-corrected chi connectivity index (χ1v) is 11.8. The molecule has 1 aromatic carbocycles. The third-order valence-corrected chi connectivity index (χ3v) is 6.27. The van der Waals surface area contributed by atoms with Crippen LogP contribution in [0.5, 0.6) is 0 Å². The van der Waals surface area contributed by atoms with Crippen LogP contribution in [0.2, 0.25) is 0 Å². The number of hydrogen-bond donors (Lipinski definition) is 0. The maximum atomic E-state index is 13.6. The fourth-order valence-electron chi connectivity index (χ4n) is 4.51. The second-order valence-electron chi connectivity index (χ2n) is 8.77. The van der Waals surface area contributed by atoms with Crippen LogP contribution >= 0.6 is 0 Å². The van der Waals surface area contributed by atoms with Gasteiger partial charge in [-0.15, -0.1) is 0 Å². The highest BCUT2D eigenvalue weighted by atomic mass is 19.1. The zero-order chi connectivity index (χ0) is 23.5. The standard InChI is InChI=1S/C25H28FN5O3/c1-17-14-21(29-25(28-17)30-10-12-33-13-11-30)24(32)31-9-3-2-4-22(31)23-27-16-20(34-23)15-18-5-7-19(26)8-6-18/h5-8,14,16,22H,2-4,9-13,15H2,1H3/t22-/m1/s1. The van der Waals surface area contributed by atoms with Gasteiger partial charge in [-0.1, -0.05) is 12.1 Å². The van der Waals surface area contributed by atoms with E-state index in [1.165, 1.54) is 12.1 Å². The Morgan fingerprint density at radius 3 is 2.71 bits per heavy atom. The van der Waals surface area contributed by atoms with Gasteiger partial charge < -0.3 is 19.0 Å². The Morgan fingerprint density at radius 1 is 1.12 bits per heavy atom. The number of morpholine rings is 1. The van der Waals surface area contributed by atoms with Gasteiger partial charge in [-0.3, -0.25) is 4.79 Å². The van der Waals surface area contributed by atoms with E-state index in [0.29, 0.717) is 62.6 Å². The molecule has 2 aliphatic rings. The molecule has 2 fully saturated rings. The Labute approximate surface area is 197 Å². The molecule has 178 valence electrons. The van der Waals surface area contributed by atoms with Crippen molar-refractivity contribution in [3.8, 4) is 0 Å². The lowest BCUT2D eigenvalue weighted by atomic mass is 10.0. The summed E-state index contributed by atoms with van der Waals surface area (Å²) in [6.07, 6.45) is 4.91. The van der Waals surface area contributed by atoms with Gasteiger partial charge in [0, 0.05) is 31.7 Å². The van der Waals surface area contributed by atoms with Gasteiger partial charge in [0.25, 0.3) is 5.91 Å². The second-order valence-corrected chi connectivity index (χ2v) is 8.77. The van der Waals surface area contributed by atoms with Crippen molar-refractivity contribution in [2.75, 3.05) is 37.7 Å². The normalized spacial score (nSPS) is 18.8. The quantitative estimate of drug-likeness (QED) is 0.568. The largest absolute Gasteiger partial charge is 0.443 e. The zero-order valence-electron chi connectivity index (χ0n) is 19.2. The summed E-state index contributed by atoms with van der Waals surface area (Å²) < 4.78 is 24.7. The van der Waals surface area contributed by atoms with Crippen LogP contribution in [0.15, 0.2) is 40.9 Å². The summed E-state index contributed by atoms with van der Waals surface area (Å²) in [5, 5.41) is 0. The number of hydrogen-bond acceptors (Lipinski definition) is 7. The molecule has 0 saturated carbocycles. The van der Waals surface area contributed by atoms with E-state index in [4.69, 9.17) is 9.15 Å². The SMILES string of the molecule is Cc1cc(C(=O)N2CCCC[C@@H]2c2ncc(Cc3ccc(F)cc3)o2)nc(N2CCOCC2)n1. The Balaban J connectivity index is 1.36. The number of amides is 1. The number of likely N-dealkylation sites (tertiary alicyclic amines) is 1. The van der Waals surface area contributed by atoms with Gasteiger partial charge in [0.1, 0.15) is 23.3 Å². The molecule has 0 aliphatic carbocycles. The number of piperidine rings is 1. The van der Waals surface area contributed by atoms with Gasteiger partial charge in [0.15, 0.2) is 0 Å². The van der Waals surface area contributed by atoms with Crippen molar-refractivity contribution >= 4 is 11.9 Å². The molecule has 9 heteroatoms. The van der Waals surface area contributed by atoms with Crippen LogP contribution in [0, 0.1) is 12.7 Å². The molecule has 8 nitrogen and oxygen atoms in total. The molecule has 0 unspecified atom stereocenters. The van der Waals surface area contributed by atoms with E-state index in [2.05, 4.69) is 19.9 Å². The lowest BCUT2D eigenvalue weighted by molar-refractivity contribution is 0.0563. The van der Waals surface area contributed by atoms with Gasteiger partial charge in [-0.2, -0.15) is 0 Å². The monoisotopic (exact) mass is 465 g/mol. The summed E-state index contributed by atoms with van der Waals surface area (Å²) in [7, 11) is 0. The van der Waals surface area contributed by atoms with Crippen LogP contribution < -0.4 is 4.90 Å². The summed E-state index contributed by atoms with van der Waals surface area (Å²) in [6, 6.07) is 7.83. The fraction of sp³-hybridized carbons (Fsp3) is 0.440. The number of oxazole rings is 1. The second kappa shape index (κ2) is 9.89. The topological polar surface area (TPSA) is 84.6 Å². The van der Waals surface area contributed by atoms with Gasteiger partial charge in [-0.05, 0) is 49.9 Å². The number of aromatic nitrogens is 3. The van der Waals surface area contributed by atoms with Crippen molar-refractivity contribution in [1.29, 1.82) is 0 Å². The van der Waals surface area contributed by atoms with Crippen molar-refractivity contribution < 1.29 is 18.3 Å². The van der Waals surface area contributed by atoms with Crippen LogP contribution in [0.3, 0.4) is 0 Å². The number of ether oxygens (including phenoxy) is 1. The number of rotatable bonds is 5. The number of nitrogens with zero attached hydrogens (tertiary/aromatic N) is 5. The highest BCUT2D eigenvalue weighted by molar-refractivity contribution is 5.93. The first-order chi connectivity index (χ1) is 16.6. The van der Waals surface area contributed by atoms with E-state index < -0.39 is 0 Å². The molecule has 2 aromatic heterocycles. The molecule has 1 amide bonds. The lowest BCUT2D eigenvalue weighted by Gasteiger charge is -2.34. The molecule has 2 saturated heterocycles. The van der Waals surface area contributed by atoms with Gasteiger partial charge in [0.05, 0.1) is 19.4 Å². The minimum Gasteiger partial charge on any atom is -0.443 e. The number of anilines is 1. The average molecular weight is 466 g/mol. The third-order valence-electron chi connectivity index (χ3n) is 6.27. The minimum absolute atomic E-state index is 0.136. The fourth-order valence-corrected chi connectivity index (χ4v) is 4.51. The van der Waals surface area contributed by atoms with E-state index in [0.717, 1.165) is 30.5 Å². The Morgan fingerprint density at radius 2 is 1.91 bits per heavy atom. The lowest BCUT2D eigenvalue weighted by Crippen LogP contribution is -2.40. The molecule has 4 heterocycles. The molecule has 5 rings (SSSR count). The molecule has 0 spiro atoms. The molecular weight excluding hydrogens is 437 g/mol. The van der Waals surface area contributed by atoms with E-state index >= 15 is 0 Å². The minimum atomic E-state index is -0.268. The molecule has 34 heavy (non-hydrogen) atoms.